The average molecular weight is 250 g/mol. The molecule has 100 valence electrons. The quantitative estimate of drug-likeness (QED) is 0.721. The summed E-state index contributed by atoms with van der Waals surface area (Å²) in [5.41, 5.74) is 1.12. The Morgan fingerprint density at radius 1 is 1.39 bits per heavy atom. The molecular formula is C14H22N2O2. The smallest absolute Gasteiger partial charge is 0.260 e. The van der Waals surface area contributed by atoms with Gasteiger partial charge < -0.3 is 15.4 Å². The minimum atomic E-state index is -0.478. The Kier molecular flexibility index (Phi) is 6.22. The van der Waals surface area contributed by atoms with Gasteiger partial charge in [-0.2, -0.15) is 0 Å². The molecule has 2 N–H and O–H groups in total. The molecule has 0 aliphatic rings. The van der Waals surface area contributed by atoms with Crippen LogP contribution in [0.15, 0.2) is 24.3 Å². The summed E-state index contributed by atoms with van der Waals surface area (Å²) in [5.74, 6) is 0.638. The Bertz CT molecular complexity index is 380. The van der Waals surface area contributed by atoms with Crippen LogP contribution in [-0.2, 0) is 4.79 Å². The van der Waals surface area contributed by atoms with Gasteiger partial charge in [0.2, 0.25) is 0 Å². The average Bonchev–Trinajstić information content (AvgIpc) is 2.34. The second-order valence-corrected chi connectivity index (χ2v) is 4.22. The first-order valence-electron chi connectivity index (χ1n) is 6.35. The maximum Gasteiger partial charge on any atom is 0.260 e. The molecule has 0 heterocycles. The highest BCUT2D eigenvalue weighted by molar-refractivity contribution is 5.80. The largest absolute Gasteiger partial charge is 0.481 e. The highest BCUT2D eigenvalue weighted by atomic mass is 16.5. The second-order valence-electron chi connectivity index (χ2n) is 4.22. The van der Waals surface area contributed by atoms with Crippen LogP contribution in [0.5, 0.6) is 5.75 Å². The molecule has 0 aromatic heterocycles. The first kappa shape index (κ1) is 14.5. The number of aryl methyl sites for hydroxylation is 1. The number of rotatable bonds is 7. The summed E-state index contributed by atoms with van der Waals surface area (Å²) in [5, 5.41) is 5.97. The van der Waals surface area contributed by atoms with Crippen molar-refractivity contribution in [3.63, 3.8) is 0 Å². The Labute approximate surface area is 109 Å². The molecule has 1 unspecified atom stereocenters. The van der Waals surface area contributed by atoms with Crippen LogP contribution in [0.1, 0.15) is 19.4 Å². The van der Waals surface area contributed by atoms with Gasteiger partial charge in [-0.1, -0.05) is 19.1 Å². The standard InChI is InChI=1S/C14H22N2O2/c1-4-15-8-9-16-14(17)12(3)18-13-7-5-6-11(2)10-13/h5-7,10,12,15H,4,8-9H2,1-3H3,(H,16,17). The maximum atomic E-state index is 11.7. The Balaban J connectivity index is 2.35. The van der Waals surface area contributed by atoms with Crippen molar-refractivity contribution in [2.75, 3.05) is 19.6 Å². The molecule has 0 fully saturated rings. The third-order valence-electron chi connectivity index (χ3n) is 2.52. The molecule has 0 radical (unpaired) electrons. The van der Waals surface area contributed by atoms with E-state index < -0.39 is 6.10 Å². The third kappa shape index (κ3) is 5.19. The topological polar surface area (TPSA) is 50.4 Å². The zero-order valence-corrected chi connectivity index (χ0v) is 11.3. The number of carbonyl (C=O) groups is 1. The van der Waals surface area contributed by atoms with Gasteiger partial charge in [0.05, 0.1) is 0 Å². The van der Waals surface area contributed by atoms with Crippen molar-refractivity contribution in [2.24, 2.45) is 0 Å². The second kappa shape index (κ2) is 7.71. The van der Waals surface area contributed by atoms with Gasteiger partial charge in [-0.3, -0.25) is 4.79 Å². The highest BCUT2D eigenvalue weighted by Crippen LogP contribution is 2.14. The van der Waals surface area contributed by atoms with E-state index >= 15 is 0 Å². The maximum absolute atomic E-state index is 11.7. The van der Waals surface area contributed by atoms with Crippen LogP contribution in [0.25, 0.3) is 0 Å². The van der Waals surface area contributed by atoms with E-state index in [1.807, 2.05) is 38.1 Å². The predicted octanol–water partition coefficient (Wildman–Crippen LogP) is 1.49. The molecule has 4 nitrogen and oxygen atoms in total. The van der Waals surface area contributed by atoms with Crippen LogP contribution in [0.2, 0.25) is 0 Å². The molecule has 0 aliphatic heterocycles. The van der Waals surface area contributed by atoms with Crippen molar-refractivity contribution in [3.8, 4) is 5.75 Å². The first-order valence-corrected chi connectivity index (χ1v) is 6.35. The summed E-state index contributed by atoms with van der Waals surface area (Å²) in [4.78, 5) is 11.7. The Morgan fingerprint density at radius 2 is 2.17 bits per heavy atom. The van der Waals surface area contributed by atoms with Crippen molar-refractivity contribution >= 4 is 5.91 Å². The lowest BCUT2D eigenvalue weighted by Gasteiger charge is -2.15. The molecule has 0 spiro atoms. The molecule has 1 aromatic carbocycles. The molecule has 0 saturated heterocycles. The molecule has 1 aromatic rings. The lowest BCUT2D eigenvalue weighted by Crippen LogP contribution is -2.39. The number of amides is 1. The van der Waals surface area contributed by atoms with E-state index in [1.165, 1.54) is 0 Å². The molecule has 1 rings (SSSR count). The Morgan fingerprint density at radius 3 is 2.83 bits per heavy atom. The molecular weight excluding hydrogens is 228 g/mol. The van der Waals surface area contributed by atoms with Gasteiger partial charge in [-0.05, 0) is 38.1 Å². The number of likely N-dealkylation sites (N-methyl/N-ethyl adjacent to an activating group) is 1. The minimum Gasteiger partial charge on any atom is -0.481 e. The number of hydrogen-bond acceptors (Lipinski definition) is 3. The van der Waals surface area contributed by atoms with Crippen LogP contribution in [0, 0.1) is 6.92 Å². The number of carbonyl (C=O) groups excluding carboxylic acids is 1. The third-order valence-corrected chi connectivity index (χ3v) is 2.52. The van der Waals surface area contributed by atoms with Crippen LogP contribution in [0.3, 0.4) is 0 Å². The summed E-state index contributed by atoms with van der Waals surface area (Å²) >= 11 is 0. The zero-order valence-electron chi connectivity index (χ0n) is 11.3. The fourth-order valence-corrected chi connectivity index (χ4v) is 1.54. The zero-order chi connectivity index (χ0) is 13.4. The van der Waals surface area contributed by atoms with Crippen molar-refractivity contribution in [2.45, 2.75) is 26.9 Å². The van der Waals surface area contributed by atoms with Gasteiger partial charge in [-0.25, -0.2) is 0 Å². The van der Waals surface area contributed by atoms with Gasteiger partial charge >= 0.3 is 0 Å². The lowest BCUT2D eigenvalue weighted by atomic mass is 10.2. The summed E-state index contributed by atoms with van der Waals surface area (Å²) in [6.07, 6.45) is -0.478. The summed E-state index contributed by atoms with van der Waals surface area (Å²) in [6.45, 7) is 8.09. The van der Waals surface area contributed by atoms with Crippen LogP contribution in [-0.4, -0.2) is 31.6 Å². The minimum absolute atomic E-state index is 0.0885. The number of ether oxygens (including phenoxy) is 1. The monoisotopic (exact) mass is 250 g/mol. The van der Waals surface area contributed by atoms with Crippen molar-refractivity contribution in [1.29, 1.82) is 0 Å². The molecule has 4 heteroatoms. The van der Waals surface area contributed by atoms with Gasteiger partial charge in [0.15, 0.2) is 6.10 Å². The molecule has 0 bridgehead atoms. The van der Waals surface area contributed by atoms with E-state index in [2.05, 4.69) is 10.6 Å². The number of nitrogens with one attached hydrogen (secondary N) is 2. The SMILES string of the molecule is CCNCCNC(=O)C(C)Oc1cccc(C)c1. The van der Waals surface area contributed by atoms with Crippen molar-refractivity contribution in [1.82, 2.24) is 10.6 Å². The van der Waals surface area contributed by atoms with Crippen LogP contribution in [0.4, 0.5) is 0 Å². The number of benzene rings is 1. The Hall–Kier alpha value is -1.55. The van der Waals surface area contributed by atoms with Crippen LogP contribution >= 0.6 is 0 Å². The van der Waals surface area contributed by atoms with E-state index in [4.69, 9.17) is 4.74 Å². The number of hydrogen-bond donors (Lipinski definition) is 2. The van der Waals surface area contributed by atoms with E-state index in [-0.39, 0.29) is 5.91 Å². The lowest BCUT2D eigenvalue weighted by molar-refractivity contribution is -0.127. The summed E-state index contributed by atoms with van der Waals surface area (Å²) in [7, 11) is 0. The van der Waals surface area contributed by atoms with Gasteiger partial charge in [0.1, 0.15) is 5.75 Å². The van der Waals surface area contributed by atoms with E-state index in [0.29, 0.717) is 6.54 Å². The van der Waals surface area contributed by atoms with Crippen molar-refractivity contribution < 1.29 is 9.53 Å². The highest BCUT2D eigenvalue weighted by Gasteiger charge is 2.13. The fraction of sp³-hybridized carbons (Fsp3) is 0.500. The summed E-state index contributed by atoms with van der Waals surface area (Å²) < 4.78 is 5.58. The van der Waals surface area contributed by atoms with Gasteiger partial charge in [-0.15, -0.1) is 0 Å². The summed E-state index contributed by atoms with van der Waals surface area (Å²) in [6, 6.07) is 7.69. The van der Waals surface area contributed by atoms with Gasteiger partial charge in [0.25, 0.3) is 5.91 Å². The van der Waals surface area contributed by atoms with Crippen molar-refractivity contribution in [3.05, 3.63) is 29.8 Å². The normalized spacial score (nSPS) is 11.9. The molecule has 18 heavy (non-hydrogen) atoms. The van der Waals surface area contributed by atoms with E-state index in [9.17, 15) is 4.79 Å². The predicted molar refractivity (Wildman–Crippen MR) is 72.8 cm³/mol. The fourth-order valence-electron chi connectivity index (χ4n) is 1.54. The van der Waals surface area contributed by atoms with Crippen LogP contribution < -0.4 is 15.4 Å². The van der Waals surface area contributed by atoms with Gasteiger partial charge in [0, 0.05) is 13.1 Å². The van der Waals surface area contributed by atoms with E-state index in [1.54, 1.807) is 6.92 Å². The first-order chi connectivity index (χ1) is 8.63. The molecule has 0 saturated carbocycles. The van der Waals surface area contributed by atoms with E-state index in [0.717, 1.165) is 24.4 Å². The molecule has 1 atom stereocenters. The molecule has 1 amide bonds. The molecule has 0 aliphatic carbocycles.